The minimum absolute atomic E-state index is 0.00717. The van der Waals surface area contributed by atoms with Gasteiger partial charge in [0.1, 0.15) is 17.3 Å². The summed E-state index contributed by atoms with van der Waals surface area (Å²) in [5.41, 5.74) is 4.53. The van der Waals surface area contributed by atoms with E-state index in [1.54, 1.807) is 6.07 Å². The van der Waals surface area contributed by atoms with Gasteiger partial charge in [-0.3, -0.25) is 14.4 Å². The lowest BCUT2D eigenvalue weighted by Gasteiger charge is -2.32. The zero-order valence-electron chi connectivity index (χ0n) is 18.8. The van der Waals surface area contributed by atoms with Gasteiger partial charge in [-0.15, -0.1) is 0 Å². The molecule has 6 nitrogen and oxygen atoms in total. The molecule has 0 bridgehead atoms. The normalized spacial score (nSPS) is 19.8. The molecule has 0 aliphatic heterocycles. The Balaban J connectivity index is 1.87. The summed E-state index contributed by atoms with van der Waals surface area (Å²) >= 11 is 0. The molecule has 0 radical (unpaired) electrons. The van der Waals surface area contributed by atoms with E-state index in [-0.39, 0.29) is 54.4 Å². The average molecular weight is 441 g/mol. The SMILES string of the molecule is CC(=O)CC(=O)C(CO)C(CCO)CC1CC(=O)c2c(O)ccc(C3=CC=C(C)C3)c2C1. The van der Waals surface area contributed by atoms with E-state index in [2.05, 4.69) is 13.0 Å². The minimum atomic E-state index is -0.740. The lowest BCUT2D eigenvalue weighted by molar-refractivity contribution is -0.131. The second kappa shape index (κ2) is 10.4. The van der Waals surface area contributed by atoms with Crippen molar-refractivity contribution in [3.8, 4) is 5.75 Å². The summed E-state index contributed by atoms with van der Waals surface area (Å²) in [6.45, 7) is 2.86. The molecular weight excluding hydrogens is 408 g/mol. The summed E-state index contributed by atoms with van der Waals surface area (Å²) in [6, 6.07) is 3.44. The van der Waals surface area contributed by atoms with Crippen LogP contribution in [0.4, 0.5) is 0 Å². The van der Waals surface area contributed by atoms with Gasteiger partial charge in [0.05, 0.1) is 18.6 Å². The van der Waals surface area contributed by atoms with Gasteiger partial charge in [-0.2, -0.15) is 0 Å². The molecule has 2 aliphatic rings. The predicted octanol–water partition coefficient (Wildman–Crippen LogP) is 3.42. The third-order valence-electron chi connectivity index (χ3n) is 6.66. The van der Waals surface area contributed by atoms with Crippen molar-refractivity contribution >= 4 is 22.9 Å². The Morgan fingerprint density at radius 1 is 1.16 bits per heavy atom. The van der Waals surface area contributed by atoms with Crippen molar-refractivity contribution in [2.45, 2.75) is 52.4 Å². The van der Waals surface area contributed by atoms with E-state index in [1.165, 1.54) is 12.5 Å². The Labute approximate surface area is 188 Å². The van der Waals surface area contributed by atoms with Crippen LogP contribution in [-0.2, 0) is 16.0 Å². The highest BCUT2D eigenvalue weighted by molar-refractivity contribution is 6.02. The lowest BCUT2D eigenvalue weighted by Crippen LogP contribution is -2.32. The molecule has 3 atom stereocenters. The number of phenolic OH excluding ortho intramolecular Hbond substituents is 1. The van der Waals surface area contributed by atoms with Crippen LogP contribution in [0.5, 0.6) is 5.75 Å². The van der Waals surface area contributed by atoms with Crippen molar-refractivity contribution in [2.24, 2.45) is 17.8 Å². The van der Waals surface area contributed by atoms with Crippen molar-refractivity contribution in [1.82, 2.24) is 0 Å². The lowest BCUT2D eigenvalue weighted by atomic mass is 9.72. The number of hydrogen-bond donors (Lipinski definition) is 3. The van der Waals surface area contributed by atoms with Gasteiger partial charge in [-0.05, 0) is 74.1 Å². The number of fused-ring (bicyclic) bond motifs is 1. The summed E-state index contributed by atoms with van der Waals surface area (Å²) < 4.78 is 0. The van der Waals surface area contributed by atoms with Crippen LogP contribution >= 0.6 is 0 Å². The van der Waals surface area contributed by atoms with E-state index in [9.17, 15) is 29.7 Å². The van der Waals surface area contributed by atoms with Crippen LogP contribution in [0.3, 0.4) is 0 Å². The first kappa shape index (κ1) is 24.1. The molecule has 0 aromatic heterocycles. The number of carbonyl (C=O) groups is 3. The van der Waals surface area contributed by atoms with Crippen LogP contribution in [0, 0.1) is 17.8 Å². The Morgan fingerprint density at radius 2 is 1.91 bits per heavy atom. The molecule has 32 heavy (non-hydrogen) atoms. The topological polar surface area (TPSA) is 112 Å². The minimum Gasteiger partial charge on any atom is -0.507 e. The summed E-state index contributed by atoms with van der Waals surface area (Å²) in [7, 11) is 0. The number of aromatic hydroxyl groups is 1. The Kier molecular flexibility index (Phi) is 7.80. The number of rotatable bonds is 10. The molecule has 3 N–H and O–H groups in total. The number of allylic oxidation sites excluding steroid dienone is 4. The number of carbonyl (C=O) groups excluding carboxylic acids is 3. The van der Waals surface area contributed by atoms with E-state index in [0.717, 1.165) is 23.1 Å². The summed E-state index contributed by atoms with van der Waals surface area (Å²) in [5, 5.41) is 29.8. The van der Waals surface area contributed by atoms with Gasteiger partial charge in [0, 0.05) is 18.9 Å². The summed E-state index contributed by atoms with van der Waals surface area (Å²) in [5.74, 6) is -1.86. The van der Waals surface area contributed by atoms with E-state index < -0.39 is 12.5 Å². The molecule has 0 fully saturated rings. The van der Waals surface area contributed by atoms with Gasteiger partial charge in [0.15, 0.2) is 5.78 Å². The first-order valence-corrected chi connectivity index (χ1v) is 11.2. The molecule has 6 heteroatoms. The van der Waals surface area contributed by atoms with Crippen molar-refractivity contribution in [3.05, 3.63) is 46.5 Å². The molecular formula is C26H32O6. The Bertz CT molecular complexity index is 971. The smallest absolute Gasteiger partial charge is 0.167 e. The number of phenols is 1. The van der Waals surface area contributed by atoms with Gasteiger partial charge in [-0.1, -0.05) is 23.8 Å². The highest BCUT2D eigenvalue weighted by atomic mass is 16.3. The van der Waals surface area contributed by atoms with E-state index >= 15 is 0 Å². The third kappa shape index (κ3) is 5.25. The van der Waals surface area contributed by atoms with Crippen LogP contribution in [0.2, 0.25) is 0 Å². The van der Waals surface area contributed by atoms with Gasteiger partial charge in [-0.25, -0.2) is 0 Å². The maximum atomic E-state index is 13.0. The van der Waals surface area contributed by atoms with Gasteiger partial charge >= 0.3 is 0 Å². The molecule has 0 spiro atoms. The van der Waals surface area contributed by atoms with Crippen LogP contribution in [0.25, 0.3) is 5.57 Å². The van der Waals surface area contributed by atoms with Crippen LogP contribution in [-0.4, -0.2) is 45.9 Å². The predicted molar refractivity (Wildman–Crippen MR) is 121 cm³/mol. The highest BCUT2D eigenvalue weighted by Crippen LogP contribution is 2.41. The Morgan fingerprint density at radius 3 is 2.50 bits per heavy atom. The standard InChI is InChI=1S/C26H32O6/c1-15-3-4-18(9-15)20-5-6-23(30)26-21(20)12-17(13-25(26)32)11-19(7-8-27)22(14-28)24(31)10-16(2)29/h3-6,17,19,22,27-28,30H,7-14H2,1-2H3. The first-order valence-electron chi connectivity index (χ1n) is 11.2. The first-order chi connectivity index (χ1) is 15.2. The fourth-order valence-electron chi connectivity index (χ4n) is 5.16. The number of hydrogen-bond acceptors (Lipinski definition) is 6. The van der Waals surface area contributed by atoms with Crippen molar-refractivity contribution in [3.63, 3.8) is 0 Å². The molecule has 1 aromatic rings. The summed E-state index contributed by atoms with van der Waals surface area (Å²) in [6.07, 6.45) is 6.27. The van der Waals surface area contributed by atoms with Crippen molar-refractivity contribution in [2.75, 3.05) is 13.2 Å². The molecule has 3 unspecified atom stereocenters. The monoisotopic (exact) mass is 440 g/mol. The molecule has 0 amide bonds. The van der Waals surface area contributed by atoms with Crippen LogP contribution in [0.1, 0.15) is 67.4 Å². The van der Waals surface area contributed by atoms with Gasteiger partial charge in [0.2, 0.25) is 0 Å². The third-order valence-corrected chi connectivity index (χ3v) is 6.66. The van der Waals surface area contributed by atoms with Crippen LogP contribution in [0.15, 0.2) is 29.9 Å². The van der Waals surface area contributed by atoms with E-state index in [0.29, 0.717) is 24.8 Å². The molecule has 3 rings (SSSR count). The second-order valence-electron chi connectivity index (χ2n) is 9.21. The Hall–Kier alpha value is -2.57. The molecule has 1 aromatic carbocycles. The molecule has 0 saturated heterocycles. The number of ketones is 3. The maximum absolute atomic E-state index is 13.0. The summed E-state index contributed by atoms with van der Waals surface area (Å²) in [4.78, 5) is 37.0. The molecule has 0 saturated carbocycles. The van der Waals surface area contributed by atoms with Crippen LogP contribution < -0.4 is 0 Å². The molecule has 0 heterocycles. The number of Topliss-reactive ketones (excluding diaryl/α,β-unsaturated/α-hetero) is 3. The quantitative estimate of drug-likeness (QED) is 0.481. The zero-order valence-corrected chi connectivity index (χ0v) is 18.8. The van der Waals surface area contributed by atoms with E-state index in [1.807, 2.05) is 12.1 Å². The number of benzene rings is 1. The number of aliphatic hydroxyl groups is 2. The zero-order chi connectivity index (χ0) is 23.4. The molecule has 2 aliphatic carbocycles. The van der Waals surface area contributed by atoms with Gasteiger partial charge < -0.3 is 15.3 Å². The van der Waals surface area contributed by atoms with E-state index in [4.69, 9.17) is 0 Å². The fraction of sp³-hybridized carbons (Fsp3) is 0.500. The molecule has 172 valence electrons. The van der Waals surface area contributed by atoms with Crippen molar-refractivity contribution < 1.29 is 29.7 Å². The second-order valence-corrected chi connectivity index (χ2v) is 9.21. The fourth-order valence-corrected chi connectivity index (χ4v) is 5.16. The van der Waals surface area contributed by atoms with Crippen molar-refractivity contribution in [1.29, 1.82) is 0 Å². The number of aliphatic hydroxyl groups excluding tert-OH is 2. The van der Waals surface area contributed by atoms with Gasteiger partial charge in [0.25, 0.3) is 0 Å². The highest BCUT2D eigenvalue weighted by Gasteiger charge is 2.35. The average Bonchev–Trinajstić information content (AvgIpc) is 3.14. The maximum Gasteiger partial charge on any atom is 0.167 e. The largest absolute Gasteiger partial charge is 0.507 e.